The summed E-state index contributed by atoms with van der Waals surface area (Å²) < 4.78 is 19.3. The van der Waals surface area contributed by atoms with Crippen molar-refractivity contribution in [3.63, 3.8) is 0 Å². The van der Waals surface area contributed by atoms with Crippen molar-refractivity contribution in [2.45, 2.75) is 26.1 Å². The van der Waals surface area contributed by atoms with Gasteiger partial charge < -0.3 is 20.3 Å². The number of nitrogens with one attached hydrogen (secondary N) is 2. The van der Waals surface area contributed by atoms with Gasteiger partial charge in [0, 0.05) is 25.2 Å². The first-order chi connectivity index (χ1) is 14.6. The van der Waals surface area contributed by atoms with Gasteiger partial charge in [0.15, 0.2) is 5.96 Å². The van der Waals surface area contributed by atoms with Gasteiger partial charge in [0.25, 0.3) is 5.91 Å². The summed E-state index contributed by atoms with van der Waals surface area (Å²) in [6.45, 7) is 7.03. The highest BCUT2D eigenvalue weighted by Crippen LogP contribution is 2.25. The Balaban J connectivity index is 0.00000341. The molecule has 168 valence electrons. The molecular weight excluding hydrogens is 510 g/mol. The molecule has 0 aromatic heterocycles. The number of hydrogen-bond acceptors (Lipinski definition) is 3. The summed E-state index contributed by atoms with van der Waals surface area (Å²) in [7, 11) is 0. The summed E-state index contributed by atoms with van der Waals surface area (Å²) in [6.07, 6.45) is -0.147. The molecule has 1 heterocycles. The molecule has 2 N–H and O–H groups in total. The fourth-order valence-corrected chi connectivity index (χ4v) is 3.43. The Labute approximate surface area is 200 Å². The van der Waals surface area contributed by atoms with Gasteiger partial charge in [-0.2, -0.15) is 0 Å². The number of morpholine rings is 1. The van der Waals surface area contributed by atoms with Crippen LogP contribution in [-0.4, -0.2) is 55.6 Å². The number of aliphatic imine (C=N–C) groups is 1. The van der Waals surface area contributed by atoms with Crippen molar-refractivity contribution in [2.24, 2.45) is 4.99 Å². The molecule has 0 saturated carbocycles. The van der Waals surface area contributed by atoms with Gasteiger partial charge in [-0.3, -0.25) is 9.79 Å². The van der Waals surface area contributed by atoms with E-state index in [1.54, 1.807) is 24.3 Å². The number of hydrogen-bond donors (Lipinski definition) is 2. The Morgan fingerprint density at radius 1 is 1.13 bits per heavy atom. The molecular formula is C23H30FIN4O2. The highest BCUT2D eigenvalue weighted by atomic mass is 127. The number of benzene rings is 2. The van der Waals surface area contributed by atoms with E-state index in [4.69, 9.17) is 4.74 Å². The highest BCUT2D eigenvalue weighted by molar-refractivity contribution is 14.0. The normalized spacial score (nSPS) is 18.8. The molecule has 1 amide bonds. The fourth-order valence-electron chi connectivity index (χ4n) is 3.43. The zero-order valence-electron chi connectivity index (χ0n) is 17.9. The molecule has 8 heteroatoms. The number of halogens is 2. The first kappa shape index (κ1) is 25.1. The Bertz CT molecular complexity index is 848. The molecule has 1 fully saturated rings. The smallest absolute Gasteiger partial charge is 0.251 e. The minimum absolute atomic E-state index is 0. The maximum atomic E-state index is 13.3. The van der Waals surface area contributed by atoms with E-state index in [2.05, 4.69) is 20.5 Å². The third-order valence-corrected chi connectivity index (χ3v) is 4.83. The van der Waals surface area contributed by atoms with E-state index < -0.39 is 0 Å². The van der Waals surface area contributed by atoms with Crippen LogP contribution >= 0.6 is 24.0 Å². The topological polar surface area (TPSA) is 66.0 Å². The van der Waals surface area contributed by atoms with Gasteiger partial charge in [-0.25, -0.2) is 4.39 Å². The van der Waals surface area contributed by atoms with Crippen LogP contribution in [0.15, 0.2) is 59.6 Å². The maximum Gasteiger partial charge on any atom is 0.251 e. The van der Waals surface area contributed by atoms with E-state index in [-0.39, 0.29) is 47.9 Å². The largest absolute Gasteiger partial charge is 0.367 e. The lowest BCUT2D eigenvalue weighted by molar-refractivity contribution is -0.0605. The molecule has 31 heavy (non-hydrogen) atoms. The number of carbonyl (C=O) groups excluding carboxylic acids is 1. The second kappa shape index (κ2) is 12.6. The summed E-state index contributed by atoms with van der Waals surface area (Å²) in [6, 6.07) is 15.6. The number of nitrogens with zero attached hydrogens (tertiary/aromatic N) is 2. The van der Waals surface area contributed by atoms with Crippen LogP contribution in [0.5, 0.6) is 0 Å². The molecule has 3 rings (SSSR count). The van der Waals surface area contributed by atoms with E-state index in [0.29, 0.717) is 31.7 Å². The predicted octanol–water partition coefficient (Wildman–Crippen LogP) is 3.60. The second-order valence-electron chi connectivity index (χ2n) is 7.25. The summed E-state index contributed by atoms with van der Waals surface area (Å²) in [5.74, 6) is 0.424. The lowest BCUT2D eigenvalue weighted by atomic mass is 10.1. The van der Waals surface area contributed by atoms with E-state index in [1.807, 2.05) is 32.0 Å². The molecule has 1 saturated heterocycles. The van der Waals surface area contributed by atoms with Crippen LogP contribution in [0.25, 0.3) is 0 Å². The van der Waals surface area contributed by atoms with Crippen LogP contribution in [0.4, 0.5) is 4.39 Å². The van der Waals surface area contributed by atoms with Crippen molar-refractivity contribution in [1.82, 2.24) is 15.5 Å². The van der Waals surface area contributed by atoms with Gasteiger partial charge >= 0.3 is 0 Å². The van der Waals surface area contributed by atoms with Gasteiger partial charge in [-0.1, -0.05) is 30.3 Å². The van der Waals surface area contributed by atoms with Crippen LogP contribution in [0.1, 0.15) is 35.9 Å². The third kappa shape index (κ3) is 7.46. The lowest BCUT2D eigenvalue weighted by Gasteiger charge is -2.38. The first-order valence-corrected chi connectivity index (χ1v) is 10.3. The van der Waals surface area contributed by atoms with Crippen molar-refractivity contribution in [1.29, 1.82) is 0 Å². The van der Waals surface area contributed by atoms with Gasteiger partial charge in [0.1, 0.15) is 11.9 Å². The van der Waals surface area contributed by atoms with E-state index in [0.717, 1.165) is 18.1 Å². The number of ether oxygens (including phenoxy) is 1. The molecule has 2 atom stereocenters. The quantitative estimate of drug-likeness (QED) is 0.255. The zero-order chi connectivity index (χ0) is 21.3. The monoisotopic (exact) mass is 540 g/mol. The summed E-state index contributed by atoms with van der Waals surface area (Å²) >= 11 is 0. The Kier molecular flexibility index (Phi) is 10.2. The Hall–Kier alpha value is -2.20. The van der Waals surface area contributed by atoms with Crippen molar-refractivity contribution in [3.05, 3.63) is 71.5 Å². The van der Waals surface area contributed by atoms with Crippen LogP contribution in [-0.2, 0) is 4.74 Å². The fraction of sp³-hybridized carbons (Fsp3) is 0.391. The molecule has 0 spiro atoms. The predicted molar refractivity (Wildman–Crippen MR) is 131 cm³/mol. The average molecular weight is 540 g/mol. The minimum atomic E-state index is -0.257. The average Bonchev–Trinajstić information content (AvgIpc) is 2.76. The highest BCUT2D eigenvalue weighted by Gasteiger charge is 2.28. The van der Waals surface area contributed by atoms with Crippen molar-refractivity contribution in [3.8, 4) is 0 Å². The van der Waals surface area contributed by atoms with Gasteiger partial charge in [-0.05, 0) is 43.7 Å². The van der Waals surface area contributed by atoms with Crippen LogP contribution in [0.2, 0.25) is 0 Å². The van der Waals surface area contributed by atoms with E-state index >= 15 is 0 Å². The molecule has 1 aliphatic rings. The summed E-state index contributed by atoms with van der Waals surface area (Å²) in [5.41, 5.74) is 1.58. The van der Waals surface area contributed by atoms with Gasteiger partial charge in [0.2, 0.25) is 0 Å². The molecule has 2 unspecified atom stereocenters. The molecule has 0 bridgehead atoms. The van der Waals surface area contributed by atoms with Crippen molar-refractivity contribution >= 4 is 35.8 Å². The SMILES string of the molecule is CCNC(=NCCNC(=O)c1ccccc1)N1CC(C)OC(c2ccc(F)cc2)C1.I. The van der Waals surface area contributed by atoms with E-state index in [1.165, 1.54) is 12.1 Å². The number of guanidine groups is 1. The molecule has 6 nitrogen and oxygen atoms in total. The Morgan fingerprint density at radius 2 is 1.84 bits per heavy atom. The molecule has 2 aromatic carbocycles. The lowest BCUT2D eigenvalue weighted by Crippen LogP contribution is -2.51. The van der Waals surface area contributed by atoms with Crippen molar-refractivity contribution in [2.75, 3.05) is 32.7 Å². The molecule has 2 aromatic rings. The van der Waals surface area contributed by atoms with Crippen molar-refractivity contribution < 1.29 is 13.9 Å². The maximum absolute atomic E-state index is 13.3. The van der Waals surface area contributed by atoms with Gasteiger partial charge in [-0.15, -0.1) is 24.0 Å². The number of amides is 1. The summed E-state index contributed by atoms with van der Waals surface area (Å²) in [4.78, 5) is 19.0. The minimum Gasteiger partial charge on any atom is -0.367 e. The molecule has 0 aliphatic carbocycles. The van der Waals surface area contributed by atoms with Gasteiger partial charge in [0.05, 0.1) is 19.2 Å². The third-order valence-electron chi connectivity index (χ3n) is 4.83. The number of rotatable bonds is 6. The zero-order valence-corrected chi connectivity index (χ0v) is 20.2. The number of carbonyl (C=O) groups is 1. The first-order valence-electron chi connectivity index (χ1n) is 10.3. The second-order valence-corrected chi connectivity index (χ2v) is 7.25. The van der Waals surface area contributed by atoms with Crippen LogP contribution < -0.4 is 10.6 Å². The standard InChI is InChI=1S/C23H29FN4O2.HI/c1-3-25-23(27-14-13-26-22(29)19-7-5-4-6-8-19)28-15-17(2)30-21(16-28)18-9-11-20(24)12-10-18;/h4-12,17,21H,3,13-16H2,1-2H3,(H,25,27)(H,26,29);1H. The molecule has 0 radical (unpaired) electrons. The van der Waals surface area contributed by atoms with Crippen LogP contribution in [0.3, 0.4) is 0 Å². The summed E-state index contributed by atoms with van der Waals surface area (Å²) in [5, 5.41) is 6.22. The Morgan fingerprint density at radius 3 is 2.52 bits per heavy atom. The van der Waals surface area contributed by atoms with Crippen LogP contribution in [0, 0.1) is 5.82 Å². The molecule has 1 aliphatic heterocycles. The van der Waals surface area contributed by atoms with E-state index in [9.17, 15) is 9.18 Å².